The third-order valence-electron chi connectivity index (χ3n) is 3.68. The van der Waals surface area contributed by atoms with Crippen molar-refractivity contribution in [3.63, 3.8) is 0 Å². The van der Waals surface area contributed by atoms with E-state index >= 15 is 0 Å². The van der Waals surface area contributed by atoms with Crippen LogP contribution in [0.25, 0.3) is 0 Å². The van der Waals surface area contributed by atoms with Crippen LogP contribution in [0.3, 0.4) is 0 Å². The van der Waals surface area contributed by atoms with E-state index < -0.39 is 16.0 Å². The fourth-order valence-corrected chi connectivity index (χ4v) is 3.54. The lowest BCUT2D eigenvalue weighted by Gasteiger charge is -2.15. The molecule has 0 aromatic heterocycles. The smallest absolute Gasteiger partial charge is 0.344 e. The van der Waals surface area contributed by atoms with Crippen LogP contribution in [-0.4, -0.2) is 27.6 Å². The summed E-state index contributed by atoms with van der Waals surface area (Å²) >= 11 is 0. The average Bonchev–Trinajstić information content (AvgIpc) is 2.54. The Hall–Kier alpha value is -2.54. The number of carbonyl (C=O) groups excluding carboxylic acids is 1. The minimum atomic E-state index is -3.67. The van der Waals surface area contributed by atoms with Crippen molar-refractivity contribution in [3.05, 3.63) is 53.1 Å². The fraction of sp³-hybridized carbons (Fsp3) is 0.316. The van der Waals surface area contributed by atoms with Gasteiger partial charge in [-0.25, -0.2) is 13.2 Å². The van der Waals surface area contributed by atoms with E-state index in [4.69, 9.17) is 9.47 Å². The van der Waals surface area contributed by atoms with Crippen molar-refractivity contribution in [3.8, 4) is 5.75 Å². The SMILES string of the molecule is CCOC(=O)COc1c(C)cc(NS(=O)(=O)c2ccc(C)cc2)cc1C. The number of ether oxygens (including phenoxy) is 2. The number of benzene rings is 2. The number of anilines is 1. The third kappa shape index (κ3) is 4.98. The summed E-state index contributed by atoms with van der Waals surface area (Å²) in [5.74, 6) is 0.0896. The van der Waals surface area contributed by atoms with Gasteiger partial charge in [-0.1, -0.05) is 17.7 Å². The maximum absolute atomic E-state index is 12.5. The number of hydrogen-bond acceptors (Lipinski definition) is 5. The lowest BCUT2D eigenvalue weighted by molar-refractivity contribution is -0.145. The molecule has 0 aliphatic rings. The first-order valence-electron chi connectivity index (χ1n) is 8.22. The molecule has 0 fully saturated rings. The largest absolute Gasteiger partial charge is 0.481 e. The molecular weight excluding hydrogens is 354 g/mol. The summed E-state index contributed by atoms with van der Waals surface area (Å²) in [4.78, 5) is 11.6. The number of sulfonamides is 1. The molecule has 0 bridgehead atoms. The molecule has 0 saturated heterocycles. The second-order valence-corrected chi connectivity index (χ2v) is 7.63. The zero-order valence-corrected chi connectivity index (χ0v) is 16.1. The maximum Gasteiger partial charge on any atom is 0.344 e. The Balaban J connectivity index is 2.18. The van der Waals surface area contributed by atoms with Crippen LogP contribution >= 0.6 is 0 Å². The molecule has 0 unspecified atom stereocenters. The topological polar surface area (TPSA) is 81.7 Å². The molecule has 0 saturated carbocycles. The summed E-state index contributed by atoms with van der Waals surface area (Å²) < 4.78 is 37.9. The van der Waals surface area contributed by atoms with Gasteiger partial charge in [-0.15, -0.1) is 0 Å². The predicted octanol–water partition coefficient (Wildman–Crippen LogP) is 3.35. The lowest BCUT2D eigenvalue weighted by atomic mass is 10.1. The molecule has 1 N–H and O–H groups in total. The second kappa shape index (κ2) is 8.23. The Bertz CT molecular complexity index is 866. The van der Waals surface area contributed by atoms with Gasteiger partial charge in [-0.2, -0.15) is 0 Å². The molecule has 0 radical (unpaired) electrons. The van der Waals surface area contributed by atoms with E-state index in [1.54, 1.807) is 57.2 Å². The Morgan fingerprint density at radius 1 is 1.04 bits per heavy atom. The van der Waals surface area contributed by atoms with Gasteiger partial charge in [0.05, 0.1) is 11.5 Å². The minimum absolute atomic E-state index is 0.191. The molecule has 2 aromatic rings. The molecule has 2 aromatic carbocycles. The van der Waals surface area contributed by atoms with Crippen molar-refractivity contribution in [2.45, 2.75) is 32.6 Å². The van der Waals surface area contributed by atoms with Gasteiger partial charge in [0.15, 0.2) is 6.61 Å². The van der Waals surface area contributed by atoms with Gasteiger partial charge >= 0.3 is 5.97 Å². The summed E-state index contributed by atoms with van der Waals surface area (Å²) in [6, 6.07) is 9.95. The highest BCUT2D eigenvalue weighted by atomic mass is 32.2. The molecule has 0 atom stereocenters. The van der Waals surface area contributed by atoms with Gasteiger partial charge in [-0.05, 0) is 63.1 Å². The van der Waals surface area contributed by atoms with Crippen molar-refractivity contribution in [2.75, 3.05) is 17.9 Å². The summed E-state index contributed by atoms with van der Waals surface area (Å²) in [7, 11) is -3.67. The maximum atomic E-state index is 12.5. The molecule has 2 rings (SSSR count). The predicted molar refractivity (Wildman–Crippen MR) is 100 cm³/mol. The zero-order valence-electron chi connectivity index (χ0n) is 15.3. The van der Waals surface area contributed by atoms with Crippen LogP contribution in [0, 0.1) is 20.8 Å². The van der Waals surface area contributed by atoms with Crippen molar-refractivity contribution in [2.24, 2.45) is 0 Å². The van der Waals surface area contributed by atoms with Crippen LogP contribution in [0.1, 0.15) is 23.6 Å². The number of carbonyl (C=O) groups is 1. The normalized spacial score (nSPS) is 11.1. The molecule has 140 valence electrons. The fourth-order valence-electron chi connectivity index (χ4n) is 2.50. The number of aryl methyl sites for hydroxylation is 3. The molecule has 26 heavy (non-hydrogen) atoms. The highest BCUT2D eigenvalue weighted by Gasteiger charge is 2.16. The van der Waals surface area contributed by atoms with Crippen molar-refractivity contribution >= 4 is 21.7 Å². The summed E-state index contributed by atoms with van der Waals surface area (Å²) in [5.41, 5.74) is 2.86. The first-order chi connectivity index (χ1) is 12.2. The van der Waals surface area contributed by atoms with Gasteiger partial charge in [0.2, 0.25) is 0 Å². The van der Waals surface area contributed by atoms with Crippen LogP contribution in [0.5, 0.6) is 5.75 Å². The van der Waals surface area contributed by atoms with E-state index in [1.165, 1.54) is 0 Å². The average molecular weight is 377 g/mol. The summed E-state index contributed by atoms with van der Waals surface area (Å²) in [6.07, 6.45) is 0. The van der Waals surface area contributed by atoms with Crippen LogP contribution in [0.4, 0.5) is 5.69 Å². The van der Waals surface area contributed by atoms with Gasteiger partial charge in [0.25, 0.3) is 10.0 Å². The van der Waals surface area contributed by atoms with E-state index in [9.17, 15) is 13.2 Å². The lowest BCUT2D eigenvalue weighted by Crippen LogP contribution is -2.16. The van der Waals surface area contributed by atoms with E-state index in [-0.39, 0.29) is 11.5 Å². The highest BCUT2D eigenvalue weighted by Crippen LogP contribution is 2.28. The molecule has 7 heteroatoms. The standard InChI is InChI=1S/C19H23NO5S/c1-5-24-18(21)12-25-19-14(3)10-16(11-15(19)4)20-26(22,23)17-8-6-13(2)7-9-17/h6-11,20H,5,12H2,1-4H3. The Kier molecular flexibility index (Phi) is 6.26. The Labute approximate surface area is 154 Å². The van der Waals surface area contributed by atoms with Gasteiger partial charge in [0, 0.05) is 5.69 Å². The van der Waals surface area contributed by atoms with Crippen LogP contribution in [-0.2, 0) is 19.6 Å². The van der Waals surface area contributed by atoms with Crippen molar-refractivity contribution in [1.29, 1.82) is 0 Å². The molecule has 0 spiro atoms. The first-order valence-corrected chi connectivity index (χ1v) is 9.70. The summed E-state index contributed by atoms with van der Waals surface area (Å²) in [5, 5.41) is 0. The van der Waals surface area contributed by atoms with E-state index in [0.717, 1.165) is 16.7 Å². The van der Waals surface area contributed by atoms with E-state index in [1.807, 2.05) is 6.92 Å². The number of esters is 1. The quantitative estimate of drug-likeness (QED) is 0.748. The van der Waals surface area contributed by atoms with Crippen molar-refractivity contribution in [1.82, 2.24) is 0 Å². The first kappa shape index (κ1) is 19.8. The third-order valence-corrected chi connectivity index (χ3v) is 5.08. The van der Waals surface area contributed by atoms with Crippen molar-refractivity contribution < 1.29 is 22.7 Å². The van der Waals surface area contributed by atoms with Crippen LogP contribution < -0.4 is 9.46 Å². The van der Waals surface area contributed by atoms with E-state index in [2.05, 4.69) is 4.72 Å². The van der Waals surface area contributed by atoms with Gasteiger partial charge < -0.3 is 9.47 Å². The molecule has 0 aliphatic heterocycles. The molecular formula is C19H23NO5S. The monoisotopic (exact) mass is 377 g/mol. The second-order valence-electron chi connectivity index (χ2n) is 5.95. The highest BCUT2D eigenvalue weighted by molar-refractivity contribution is 7.92. The Morgan fingerprint density at radius 2 is 1.62 bits per heavy atom. The van der Waals surface area contributed by atoms with Crippen LogP contribution in [0.2, 0.25) is 0 Å². The molecule has 0 amide bonds. The zero-order chi connectivity index (χ0) is 19.3. The molecule has 6 nitrogen and oxygen atoms in total. The van der Waals surface area contributed by atoms with E-state index in [0.29, 0.717) is 18.0 Å². The van der Waals surface area contributed by atoms with Gasteiger partial charge in [0.1, 0.15) is 5.75 Å². The van der Waals surface area contributed by atoms with Gasteiger partial charge in [-0.3, -0.25) is 4.72 Å². The minimum Gasteiger partial charge on any atom is -0.481 e. The number of nitrogens with one attached hydrogen (secondary N) is 1. The van der Waals surface area contributed by atoms with Crippen LogP contribution in [0.15, 0.2) is 41.3 Å². The molecule has 0 aliphatic carbocycles. The molecule has 0 heterocycles. The summed E-state index contributed by atoms with van der Waals surface area (Å²) in [6.45, 7) is 7.30. The number of hydrogen-bond donors (Lipinski definition) is 1. The Morgan fingerprint density at radius 3 is 2.15 bits per heavy atom. The number of rotatable bonds is 7.